The van der Waals surface area contributed by atoms with Gasteiger partial charge in [0.2, 0.25) is 0 Å². The van der Waals surface area contributed by atoms with E-state index >= 15 is 0 Å². The van der Waals surface area contributed by atoms with Gasteiger partial charge in [-0.2, -0.15) is 0 Å². The Kier molecular flexibility index (Phi) is 25.1. The molecule has 0 unspecified atom stereocenters. The first kappa shape index (κ1) is 15.7. The van der Waals surface area contributed by atoms with Gasteiger partial charge in [-0.25, -0.2) is 0 Å². The summed E-state index contributed by atoms with van der Waals surface area (Å²) in [5, 5.41) is 13.9. The molecule has 0 amide bonds. The predicted molar refractivity (Wildman–Crippen MR) is 42.1 cm³/mol. The van der Waals surface area contributed by atoms with Crippen LogP contribution in [0.3, 0.4) is 0 Å². The lowest BCUT2D eigenvalue weighted by atomic mass is 10.3. The molecule has 0 bridgehead atoms. The maximum atomic E-state index is 10.1. The third kappa shape index (κ3) is 54.4. The molecule has 0 fully saturated rings. The molecular formula is H4BFI2O2. The molecule has 0 saturated heterocycles. The topological polar surface area (TPSA) is 40.5 Å². The Hall–Kier alpha value is 1.37. The predicted octanol–water partition coefficient (Wildman–Crippen LogP) is 0.161. The summed E-state index contributed by atoms with van der Waals surface area (Å²) >= 11 is 0. The van der Waals surface area contributed by atoms with Gasteiger partial charge in [0.25, 0.3) is 0 Å². The minimum Gasteiger partial charge on any atom is -0.398 e. The van der Waals surface area contributed by atoms with Gasteiger partial charge in [0, 0.05) is 0 Å². The second-order valence-corrected chi connectivity index (χ2v) is 0.311. The van der Waals surface area contributed by atoms with Gasteiger partial charge in [0.1, 0.15) is 0 Å². The van der Waals surface area contributed by atoms with E-state index in [1.165, 1.54) is 0 Å². The van der Waals surface area contributed by atoms with E-state index in [-0.39, 0.29) is 48.0 Å². The third-order valence-corrected chi connectivity index (χ3v) is 0. The van der Waals surface area contributed by atoms with Gasteiger partial charge in [-0.15, -0.1) is 48.0 Å². The van der Waals surface area contributed by atoms with Gasteiger partial charge in [-0.05, 0) is 0 Å². The molecule has 0 spiro atoms. The maximum Gasteiger partial charge on any atom is 0.674 e. The lowest BCUT2D eigenvalue weighted by Crippen LogP contribution is -1.98. The number of hydrogen-bond donors (Lipinski definition) is 2. The maximum absolute atomic E-state index is 10.1. The van der Waals surface area contributed by atoms with E-state index in [1.807, 2.05) is 0 Å². The van der Waals surface area contributed by atoms with E-state index in [1.54, 1.807) is 0 Å². The Bertz CT molecular complexity index is 16.3. The first-order valence-electron chi connectivity index (χ1n) is 0.735. The Balaban J connectivity index is -0.0000000450. The highest BCUT2D eigenvalue weighted by Gasteiger charge is 1.97. The molecule has 0 aliphatic carbocycles. The molecule has 6 heavy (non-hydrogen) atoms. The minimum atomic E-state index is -2.67. The average molecular weight is 320 g/mol. The first-order valence-corrected chi connectivity index (χ1v) is 0.735. The highest BCUT2D eigenvalue weighted by atomic mass is 127. The molecule has 0 rings (SSSR count). The second-order valence-electron chi connectivity index (χ2n) is 0.311. The zero-order chi connectivity index (χ0) is 3.58. The van der Waals surface area contributed by atoms with E-state index in [2.05, 4.69) is 0 Å². The van der Waals surface area contributed by atoms with E-state index in [0.29, 0.717) is 0 Å². The van der Waals surface area contributed by atoms with Crippen molar-refractivity contribution in [2.24, 2.45) is 0 Å². The summed E-state index contributed by atoms with van der Waals surface area (Å²) in [5.74, 6) is 0. The third-order valence-electron chi connectivity index (χ3n) is 0. The van der Waals surface area contributed by atoms with E-state index in [9.17, 15) is 4.32 Å². The summed E-state index contributed by atoms with van der Waals surface area (Å²) in [4.78, 5) is 0. The van der Waals surface area contributed by atoms with Crippen LogP contribution in [-0.4, -0.2) is 17.4 Å². The van der Waals surface area contributed by atoms with Crippen molar-refractivity contribution >= 4 is 55.3 Å². The molecule has 0 atom stereocenters. The van der Waals surface area contributed by atoms with Crippen LogP contribution in [0.15, 0.2) is 0 Å². The standard InChI is InChI=1S/BFH2O2.2HI/c2-1(3)4;;/h3-4H;2*1H. The van der Waals surface area contributed by atoms with E-state index < -0.39 is 7.40 Å². The fraction of sp³-hybridized carbons (Fsp3) is 0. The summed E-state index contributed by atoms with van der Waals surface area (Å²) < 4.78 is 10.1. The average Bonchev–Trinajstić information content (AvgIpc) is 0.811. The smallest absolute Gasteiger partial charge is 0.398 e. The van der Waals surface area contributed by atoms with Crippen LogP contribution in [-0.2, 0) is 0 Å². The molecule has 6 heteroatoms. The Morgan fingerprint density at radius 1 is 1.17 bits per heavy atom. The highest BCUT2D eigenvalue weighted by molar-refractivity contribution is 14.0. The highest BCUT2D eigenvalue weighted by Crippen LogP contribution is 1.57. The van der Waals surface area contributed by atoms with Crippen LogP contribution >= 0.6 is 48.0 Å². The molecule has 0 aromatic heterocycles. The van der Waals surface area contributed by atoms with Crippen LogP contribution < -0.4 is 0 Å². The molecule has 0 radical (unpaired) electrons. The van der Waals surface area contributed by atoms with Crippen LogP contribution in [0.1, 0.15) is 0 Å². The molecule has 0 aromatic carbocycles. The molecule has 0 aliphatic rings. The number of rotatable bonds is 0. The van der Waals surface area contributed by atoms with Gasteiger partial charge in [0.15, 0.2) is 0 Å². The second kappa shape index (κ2) is 9.62. The van der Waals surface area contributed by atoms with Crippen molar-refractivity contribution in [3.8, 4) is 0 Å². The Labute approximate surface area is 69.4 Å². The van der Waals surface area contributed by atoms with Crippen LogP contribution in [0.4, 0.5) is 4.32 Å². The van der Waals surface area contributed by atoms with Gasteiger partial charge < -0.3 is 10.0 Å². The molecule has 0 saturated carbocycles. The van der Waals surface area contributed by atoms with Crippen molar-refractivity contribution in [2.45, 2.75) is 0 Å². The molecule has 2 N–H and O–H groups in total. The quantitative estimate of drug-likeness (QED) is 0.493. The van der Waals surface area contributed by atoms with Crippen molar-refractivity contribution in [1.82, 2.24) is 0 Å². The minimum absolute atomic E-state index is 0. The van der Waals surface area contributed by atoms with E-state index in [4.69, 9.17) is 10.0 Å². The van der Waals surface area contributed by atoms with Crippen LogP contribution in [0, 0.1) is 0 Å². The van der Waals surface area contributed by atoms with Crippen molar-refractivity contribution < 1.29 is 14.4 Å². The van der Waals surface area contributed by atoms with Crippen molar-refractivity contribution in [1.29, 1.82) is 0 Å². The number of halogens is 3. The SMILES string of the molecule is I.I.OB(O)F. The molecule has 0 aromatic rings. The summed E-state index contributed by atoms with van der Waals surface area (Å²) in [6, 6.07) is 0. The Morgan fingerprint density at radius 3 is 1.17 bits per heavy atom. The molecule has 0 aliphatic heterocycles. The fourth-order valence-corrected chi connectivity index (χ4v) is 0. The van der Waals surface area contributed by atoms with Crippen LogP contribution in [0.25, 0.3) is 0 Å². The van der Waals surface area contributed by atoms with Crippen molar-refractivity contribution in [3.63, 3.8) is 0 Å². The molecule has 40 valence electrons. The van der Waals surface area contributed by atoms with Crippen LogP contribution in [0.2, 0.25) is 0 Å². The zero-order valence-electron chi connectivity index (χ0n) is 2.67. The van der Waals surface area contributed by atoms with E-state index in [0.717, 1.165) is 0 Å². The molecule has 0 heterocycles. The van der Waals surface area contributed by atoms with Gasteiger partial charge >= 0.3 is 7.40 Å². The molecule has 2 nitrogen and oxygen atoms in total. The van der Waals surface area contributed by atoms with Gasteiger partial charge in [0.05, 0.1) is 0 Å². The summed E-state index contributed by atoms with van der Waals surface area (Å²) in [5.41, 5.74) is 0. The largest absolute Gasteiger partial charge is 0.674 e. The van der Waals surface area contributed by atoms with Crippen LogP contribution in [0.5, 0.6) is 0 Å². The van der Waals surface area contributed by atoms with Crippen molar-refractivity contribution in [3.05, 3.63) is 0 Å². The monoisotopic (exact) mass is 320 g/mol. The Morgan fingerprint density at radius 2 is 1.17 bits per heavy atom. The van der Waals surface area contributed by atoms with Gasteiger partial charge in [-0.3, -0.25) is 4.32 Å². The summed E-state index contributed by atoms with van der Waals surface area (Å²) in [6.07, 6.45) is 0. The first-order chi connectivity index (χ1) is 1.73. The molecular weight excluding hydrogens is 316 g/mol. The van der Waals surface area contributed by atoms with Gasteiger partial charge in [-0.1, -0.05) is 0 Å². The summed E-state index contributed by atoms with van der Waals surface area (Å²) in [6.45, 7) is 0. The number of hydrogen-bond acceptors (Lipinski definition) is 2. The zero-order valence-corrected chi connectivity index (χ0v) is 7.33. The summed E-state index contributed by atoms with van der Waals surface area (Å²) in [7, 11) is -2.67. The lowest BCUT2D eigenvalue weighted by molar-refractivity contribution is 0.340. The lowest BCUT2D eigenvalue weighted by Gasteiger charge is -1.65. The van der Waals surface area contributed by atoms with Crippen molar-refractivity contribution in [2.75, 3.05) is 0 Å². The fourth-order valence-electron chi connectivity index (χ4n) is 0. The normalized spacial score (nSPS) is 4.50.